The molecule has 2 heterocycles. The highest BCUT2D eigenvalue weighted by atomic mass is 32.2. The smallest absolute Gasteiger partial charge is 0.348 e. The lowest BCUT2D eigenvalue weighted by Gasteiger charge is -2.15. The molecule has 0 aliphatic heterocycles. The molecule has 3 aromatic rings. The molecule has 12 heteroatoms. The van der Waals surface area contributed by atoms with Crippen molar-refractivity contribution in [1.29, 1.82) is 0 Å². The monoisotopic (exact) mass is 574 g/mol. The third-order valence-electron chi connectivity index (χ3n) is 5.76. The standard InChI is InChI=1S/C27H34N4O6S2/c1-8-35-25(33)21-16(5)22(26(34)36-9-2)39-24(21)28-20(32)14-38-27-30-29-23(31(27)7)17(6)37-19-12-10-18(11-13-19)15(3)4/h10-13,15,17H,8-9,14H2,1-7H3,(H,28,32). The zero-order valence-electron chi connectivity index (χ0n) is 23.2. The number of nitrogens with zero attached hydrogens (tertiary/aromatic N) is 3. The number of thiophene rings is 1. The molecule has 1 amide bonds. The van der Waals surface area contributed by atoms with Crippen molar-refractivity contribution in [2.75, 3.05) is 24.3 Å². The summed E-state index contributed by atoms with van der Waals surface area (Å²) in [6.07, 6.45) is -0.363. The predicted octanol–water partition coefficient (Wildman–Crippen LogP) is 5.53. The third kappa shape index (κ3) is 7.39. The van der Waals surface area contributed by atoms with E-state index in [4.69, 9.17) is 14.2 Å². The maximum atomic E-state index is 12.8. The Bertz CT molecular complexity index is 1320. The first-order chi connectivity index (χ1) is 18.6. The van der Waals surface area contributed by atoms with Crippen molar-refractivity contribution in [3.63, 3.8) is 0 Å². The second-order valence-corrected chi connectivity index (χ2v) is 10.9. The Balaban J connectivity index is 1.67. The second kappa shape index (κ2) is 13.6. The predicted molar refractivity (Wildman–Crippen MR) is 151 cm³/mol. The van der Waals surface area contributed by atoms with Crippen LogP contribution in [0.3, 0.4) is 0 Å². The SMILES string of the molecule is CCOC(=O)c1sc(NC(=O)CSc2nnc(C(C)Oc3ccc(C(C)C)cc3)n2C)c(C(=O)OCC)c1C. The number of thioether (sulfide) groups is 1. The molecule has 1 aromatic carbocycles. The average Bonchev–Trinajstić information content (AvgIpc) is 3.42. The Morgan fingerprint density at radius 2 is 1.67 bits per heavy atom. The second-order valence-electron chi connectivity index (χ2n) is 8.92. The van der Waals surface area contributed by atoms with Crippen molar-refractivity contribution in [2.24, 2.45) is 7.05 Å². The molecule has 0 saturated carbocycles. The van der Waals surface area contributed by atoms with E-state index in [0.717, 1.165) is 17.1 Å². The Hall–Kier alpha value is -3.38. The third-order valence-corrected chi connectivity index (χ3v) is 7.97. The normalized spacial score (nSPS) is 11.8. The van der Waals surface area contributed by atoms with E-state index in [-0.39, 0.29) is 46.4 Å². The van der Waals surface area contributed by atoms with Crippen LogP contribution in [0.1, 0.15) is 83.6 Å². The van der Waals surface area contributed by atoms with Gasteiger partial charge in [-0.25, -0.2) is 9.59 Å². The maximum Gasteiger partial charge on any atom is 0.348 e. The largest absolute Gasteiger partial charge is 0.483 e. The molecule has 1 unspecified atom stereocenters. The van der Waals surface area contributed by atoms with Crippen LogP contribution >= 0.6 is 23.1 Å². The Morgan fingerprint density at radius 1 is 1.03 bits per heavy atom. The molecule has 0 spiro atoms. The van der Waals surface area contributed by atoms with Crippen LogP contribution in [0.25, 0.3) is 0 Å². The van der Waals surface area contributed by atoms with E-state index in [9.17, 15) is 14.4 Å². The summed E-state index contributed by atoms with van der Waals surface area (Å²) in [6, 6.07) is 7.96. The number of aromatic nitrogens is 3. The first-order valence-electron chi connectivity index (χ1n) is 12.6. The van der Waals surface area contributed by atoms with E-state index in [0.29, 0.717) is 22.5 Å². The van der Waals surface area contributed by atoms with Gasteiger partial charge in [-0.15, -0.1) is 21.5 Å². The average molecular weight is 575 g/mol. The van der Waals surface area contributed by atoms with Crippen molar-refractivity contribution >= 4 is 45.9 Å². The summed E-state index contributed by atoms with van der Waals surface area (Å²) in [4.78, 5) is 38.0. The Labute approximate surface area is 236 Å². The van der Waals surface area contributed by atoms with Crippen molar-refractivity contribution in [3.05, 3.63) is 51.7 Å². The van der Waals surface area contributed by atoms with Gasteiger partial charge in [-0.05, 0) is 56.9 Å². The number of anilines is 1. The number of carbonyl (C=O) groups is 3. The molecule has 0 aliphatic rings. The summed E-state index contributed by atoms with van der Waals surface area (Å²) in [5.41, 5.74) is 1.79. The number of hydrogen-bond donors (Lipinski definition) is 1. The first-order valence-corrected chi connectivity index (χ1v) is 14.4. The van der Waals surface area contributed by atoms with Gasteiger partial charge in [0, 0.05) is 7.05 Å². The minimum absolute atomic E-state index is 0.00578. The maximum absolute atomic E-state index is 12.8. The summed E-state index contributed by atoms with van der Waals surface area (Å²) in [5.74, 6) is 0.243. The molecule has 2 aromatic heterocycles. The lowest BCUT2D eigenvalue weighted by Crippen LogP contribution is -2.17. The molecule has 1 atom stereocenters. The van der Waals surface area contributed by atoms with E-state index in [1.54, 1.807) is 25.3 Å². The highest BCUT2D eigenvalue weighted by Crippen LogP contribution is 2.34. The van der Waals surface area contributed by atoms with Crippen LogP contribution in [0.5, 0.6) is 5.75 Å². The van der Waals surface area contributed by atoms with Crippen LogP contribution < -0.4 is 10.1 Å². The minimum Gasteiger partial charge on any atom is -0.483 e. The summed E-state index contributed by atoms with van der Waals surface area (Å²) in [6.45, 7) is 11.5. The molecular formula is C27H34N4O6S2. The topological polar surface area (TPSA) is 122 Å². The van der Waals surface area contributed by atoms with Gasteiger partial charge < -0.3 is 24.1 Å². The molecule has 3 rings (SSSR count). The highest BCUT2D eigenvalue weighted by Gasteiger charge is 2.27. The first kappa shape index (κ1) is 30.2. The number of benzene rings is 1. The molecule has 0 radical (unpaired) electrons. The molecule has 0 saturated heterocycles. The fourth-order valence-electron chi connectivity index (χ4n) is 3.73. The highest BCUT2D eigenvalue weighted by molar-refractivity contribution is 7.99. The number of esters is 2. The van der Waals surface area contributed by atoms with Gasteiger partial charge in [-0.1, -0.05) is 37.7 Å². The summed E-state index contributed by atoms with van der Waals surface area (Å²) >= 11 is 2.18. The van der Waals surface area contributed by atoms with Gasteiger partial charge >= 0.3 is 11.9 Å². The minimum atomic E-state index is -0.615. The summed E-state index contributed by atoms with van der Waals surface area (Å²) in [5, 5.41) is 12.0. The molecule has 0 bridgehead atoms. The zero-order valence-corrected chi connectivity index (χ0v) is 24.8. The van der Waals surface area contributed by atoms with Crippen LogP contribution in [-0.2, 0) is 21.3 Å². The molecule has 1 N–H and O–H groups in total. The zero-order chi connectivity index (χ0) is 28.7. The van der Waals surface area contributed by atoms with Crippen LogP contribution in [0.2, 0.25) is 0 Å². The van der Waals surface area contributed by atoms with Crippen LogP contribution in [0, 0.1) is 6.92 Å². The number of rotatable bonds is 12. The van der Waals surface area contributed by atoms with Gasteiger partial charge in [0.1, 0.15) is 15.6 Å². The van der Waals surface area contributed by atoms with Gasteiger partial charge in [0.05, 0.1) is 24.5 Å². The summed E-state index contributed by atoms with van der Waals surface area (Å²) in [7, 11) is 1.81. The van der Waals surface area contributed by atoms with Crippen molar-refractivity contribution < 1.29 is 28.6 Å². The van der Waals surface area contributed by atoms with Crippen LogP contribution in [0.4, 0.5) is 5.00 Å². The van der Waals surface area contributed by atoms with Crippen molar-refractivity contribution in [3.8, 4) is 5.75 Å². The number of hydrogen-bond acceptors (Lipinski definition) is 10. The van der Waals surface area contributed by atoms with Gasteiger partial charge in [-0.2, -0.15) is 0 Å². The molecule has 0 fully saturated rings. The van der Waals surface area contributed by atoms with Gasteiger partial charge in [-0.3, -0.25) is 4.79 Å². The molecule has 10 nitrogen and oxygen atoms in total. The fourth-order valence-corrected chi connectivity index (χ4v) is 5.55. The van der Waals surface area contributed by atoms with E-state index < -0.39 is 11.9 Å². The van der Waals surface area contributed by atoms with Gasteiger partial charge in [0.25, 0.3) is 0 Å². The van der Waals surface area contributed by atoms with Crippen molar-refractivity contribution in [1.82, 2.24) is 14.8 Å². The van der Waals surface area contributed by atoms with Gasteiger partial charge in [0.15, 0.2) is 17.1 Å². The van der Waals surface area contributed by atoms with Crippen LogP contribution in [-0.4, -0.2) is 51.6 Å². The number of ether oxygens (including phenoxy) is 3. The van der Waals surface area contributed by atoms with E-state index in [1.165, 1.54) is 17.3 Å². The molecular weight excluding hydrogens is 540 g/mol. The quantitative estimate of drug-likeness (QED) is 0.220. The molecule has 39 heavy (non-hydrogen) atoms. The molecule has 210 valence electrons. The summed E-state index contributed by atoms with van der Waals surface area (Å²) < 4.78 is 18.1. The van der Waals surface area contributed by atoms with Crippen LogP contribution in [0.15, 0.2) is 29.4 Å². The van der Waals surface area contributed by atoms with E-state index in [1.807, 2.05) is 38.2 Å². The van der Waals surface area contributed by atoms with E-state index in [2.05, 4.69) is 29.4 Å². The number of nitrogens with one attached hydrogen (secondary N) is 1. The Kier molecular flexibility index (Phi) is 10.5. The van der Waals surface area contributed by atoms with Gasteiger partial charge in [0.2, 0.25) is 5.91 Å². The Morgan fingerprint density at radius 3 is 2.28 bits per heavy atom. The lowest BCUT2D eigenvalue weighted by atomic mass is 10.0. The van der Waals surface area contributed by atoms with E-state index >= 15 is 0 Å². The fraction of sp³-hybridized carbons (Fsp3) is 0.444. The number of carbonyl (C=O) groups excluding carboxylic acids is 3. The molecule has 0 aliphatic carbocycles. The lowest BCUT2D eigenvalue weighted by molar-refractivity contribution is -0.113. The number of amides is 1. The van der Waals surface area contributed by atoms with Crippen molar-refractivity contribution in [2.45, 2.75) is 58.7 Å².